The Labute approximate surface area is 115 Å². The number of hydrogen-bond donors (Lipinski definition) is 2. The number of rotatable bonds is 4. The predicted molar refractivity (Wildman–Crippen MR) is 72.6 cm³/mol. The number of aromatic nitrogens is 2. The number of benzene rings is 1. The van der Waals surface area contributed by atoms with Crippen molar-refractivity contribution in [2.75, 3.05) is 0 Å². The van der Waals surface area contributed by atoms with Crippen LogP contribution >= 0.6 is 12.2 Å². The van der Waals surface area contributed by atoms with Crippen LogP contribution in [0.5, 0.6) is 0 Å². The third-order valence-corrected chi connectivity index (χ3v) is 4.13. The van der Waals surface area contributed by atoms with E-state index >= 15 is 0 Å². The molecule has 19 heavy (non-hydrogen) atoms. The van der Waals surface area contributed by atoms with Crippen LogP contribution in [0.1, 0.15) is 13.8 Å². The molecular weight excluding hydrogens is 286 g/mol. The Balaban J connectivity index is 2.57. The normalized spacial score (nSPS) is 11.9. The Morgan fingerprint density at radius 2 is 2.05 bits per heavy atom. The maximum Gasteiger partial charge on any atom is 0.284 e. The molecular formula is C11H13N3O3S2. The molecule has 0 radical (unpaired) electrons. The number of nitrogens with one attached hydrogen (secondary N) is 2. The van der Waals surface area contributed by atoms with E-state index in [4.69, 9.17) is 16.6 Å². The summed E-state index contributed by atoms with van der Waals surface area (Å²) in [5, 5.41) is 6.32. The van der Waals surface area contributed by atoms with Gasteiger partial charge in [0.15, 0.2) is 0 Å². The van der Waals surface area contributed by atoms with E-state index in [0.29, 0.717) is 5.56 Å². The van der Waals surface area contributed by atoms with E-state index in [0.717, 1.165) is 0 Å². The van der Waals surface area contributed by atoms with Gasteiger partial charge in [-0.25, -0.2) is 18.2 Å². The van der Waals surface area contributed by atoms with Crippen molar-refractivity contribution in [1.29, 1.82) is 0 Å². The van der Waals surface area contributed by atoms with Gasteiger partial charge in [-0.05, 0) is 38.2 Å². The Morgan fingerprint density at radius 3 is 2.63 bits per heavy atom. The van der Waals surface area contributed by atoms with Crippen molar-refractivity contribution in [3.63, 3.8) is 0 Å². The smallest absolute Gasteiger partial charge is 0.284 e. The van der Waals surface area contributed by atoms with Crippen LogP contribution in [-0.2, 0) is 10.0 Å². The first-order valence-electron chi connectivity index (χ1n) is 5.57. The highest BCUT2D eigenvalue weighted by molar-refractivity contribution is 7.89. The molecule has 0 saturated carbocycles. The maximum atomic E-state index is 12.2. The molecule has 1 aromatic carbocycles. The van der Waals surface area contributed by atoms with E-state index in [1.54, 1.807) is 32.0 Å². The van der Waals surface area contributed by atoms with E-state index in [2.05, 4.69) is 14.9 Å². The van der Waals surface area contributed by atoms with Crippen molar-refractivity contribution < 1.29 is 12.8 Å². The van der Waals surface area contributed by atoms with Crippen LogP contribution in [0.25, 0.3) is 11.5 Å². The number of hydrogen-bond acceptors (Lipinski definition) is 5. The first-order chi connectivity index (χ1) is 8.90. The number of sulfonamides is 1. The Kier molecular flexibility index (Phi) is 3.83. The van der Waals surface area contributed by atoms with Crippen LogP contribution < -0.4 is 4.72 Å². The van der Waals surface area contributed by atoms with Gasteiger partial charge in [-0.15, -0.1) is 5.10 Å². The van der Waals surface area contributed by atoms with Crippen LogP contribution in [0.4, 0.5) is 0 Å². The molecule has 2 aromatic rings. The van der Waals surface area contributed by atoms with Crippen LogP contribution in [0.2, 0.25) is 0 Å². The number of nitrogens with zero attached hydrogens (tertiary/aromatic N) is 1. The lowest BCUT2D eigenvalue weighted by molar-refractivity contribution is 0.547. The molecule has 0 fully saturated rings. The zero-order chi connectivity index (χ0) is 14.0. The fourth-order valence-electron chi connectivity index (χ4n) is 1.60. The van der Waals surface area contributed by atoms with Crippen LogP contribution in [-0.4, -0.2) is 24.7 Å². The lowest BCUT2D eigenvalue weighted by Crippen LogP contribution is -2.30. The summed E-state index contributed by atoms with van der Waals surface area (Å²) in [4.78, 5) is 0.202. The summed E-state index contributed by atoms with van der Waals surface area (Å²) in [6, 6.07) is 6.25. The quantitative estimate of drug-likeness (QED) is 0.844. The summed E-state index contributed by atoms with van der Waals surface area (Å²) >= 11 is 4.79. The van der Waals surface area contributed by atoms with Crippen molar-refractivity contribution in [3.05, 3.63) is 29.1 Å². The van der Waals surface area contributed by atoms with Crippen LogP contribution in [0, 0.1) is 4.84 Å². The third-order valence-electron chi connectivity index (χ3n) is 2.24. The van der Waals surface area contributed by atoms with Crippen LogP contribution in [0.15, 0.2) is 33.6 Å². The highest BCUT2D eigenvalue weighted by Gasteiger charge is 2.22. The molecule has 0 spiro atoms. The molecule has 0 bridgehead atoms. The molecule has 1 aromatic heterocycles. The molecule has 0 aliphatic heterocycles. The molecule has 102 valence electrons. The minimum atomic E-state index is -3.63. The second kappa shape index (κ2) is 5.24. The van der Waals surface area contributed by atoms with Crippen molar-refractivity contribution >= 4 is 22.2 Å². The van der Waals surface area contributed by atoms with Gasteiger partial charge in [0.25, 0.3) is 4.84 Å². The van der Waals surface area contributed by atoms with Gasteiger partial charge >= 0.3 is 0 Å². The molecule has 6 nitrogen and oxygen atoms in total. The molecule has 0 atom stereocenters. The van der Waals surface area contributed by atoms with E-state index in [-0.39, 0.29) is 21.7 Å². The van der Waals surface area contributed by atoms with E-state index < -0.39 is 10.0 Å². The molecule has 8 heteroatoms. The summed E-state index contributed by atoms with van der Waals surface area (Å²) < 4.78 is 32.1. The maximum absolute atomic E-state index is 12.2. The van der Waals surface area contributed by atoms with Crippen molar-refractivity contribution in [1.82, 2.24) is 14.9 Å². The SMILES string of the molecule is CC(C)NS(=O)(=O)c1ccccc1-c1n[nH]c(=S)o1. The van der Waals surface area contributed by atoms with Crippen molar-refractivity contribution in [2.24, 2.45) is 0 Å². The lowest BCUT2D eigenvalue weighted by atomic mass is 10.2. The Bertz CT molecular complexity index is 731. The van der Waals surface area contributed by atoms with Gasteiger partial charge in [0.1, 0.15) is 0 Å². The molecule has 0 unspecified atom stereocenters. The fourth-order valence-corrected chi connectivity index (χ4v) is 3.17. The molecule has 0 amide bonds. The highest BCUT2D eigenvalue weighted by atomic mass is 32.2. The monoisotopic (exact) mass is 299 g/mol. The summed E-state index contributed by atoms with van der Waals surface area (Å²) in [6.45, 7) is 3.50. The van der Waals surface area contributed by atoms with Gasteiger partial charge in [-0.1, -0.05) is 12.1 Å². The van der Waals surface area contributed by atoms with Crippen molar-refractivity contribution in [2.45, 2.75) is 24.8 Å². The van der Waals surface area contributed by atoms with E-state index in [1.165, 1.54) is 6.07 Å². The lowest BCUT2D eigenvalue weighted by Gasteiger charge is -2.11. The summed E-state index contributed by atoms with van der Waals surface area (Å²) in [5.74, 6) is 0.148. The van der Waals surface area contributed by atoms with Crippen molar-refractivity contribution in [3.8, 4) is 11.5 Å². The minimum absolute atomic E-state index is 0.0963. The molecule has 0 saturated heterocycles. The zero-order valence-electron chi connectivity index (χ0n) is 10.4. The molecule has 2 N–H and O–H groups in total. The largest absolute Gasteiger partial charge is 0.409 e. The molecule has 0 aliphatic carbocycles. The second-order valence-corrected chi connectivity index (χ2v) is 6.24. The van der Waals surface area contributed by atoms with E-state index in [1.807, 2.05) is 0 Å². The summed E-state index contributed by atoms with van der Waals surface area (Å²) in [5.41, 5.74) is 0.364. The Morgan fingerprint density at radius 1 is 1.37 bits per heavy atom. The zero-order valence-corrected chi connectivity index (χ0v) is 12.0. The van der Waals surface area contributed by atoms with E-state index in [9.17, 15) is 8.42 Å². The first-order valence-corrected chi connectivity index (χ1v) is 7.46. The van der Waals surface area contributed by atoms with Gasteiger partial charge in [0.2, 0.25) is 15.9 Å². The molecule has 1 heterocycles. The van der Waals surface area contributed by atoms with Gasteiger partial charge < -0.3 is 4.42 Å². The van der Waals surface area contributed by atoms with Gasteiger partial charge in [0.05, 0.1) is 10.5 Å². The third kappa shape index (κ3) is 3.09. The van der Waals surface area contributed by atoms with Gasteiger partial charge in [0, 0.05) is 6.04 Å². The Hall–Kier alpha value is -1.51. The number of aromatic amines is 1. The standard InChI is InChI=1S/C11H13N3O3S2/c1-7(2)14-19(15,16)9-6-4-3-5-8(9)10-12-13-11(18)17-10/h3-7,14H,1-2H3,(H,13,18). The minimum Gasteiger partial charge on any atom is -0.409 e. The number of H-pyrrole nitrogens is 1. The summed E-state index contributed by atoms with van der Waals surface area (Å²) in [6.07, 6.45) is 0. The van der Waals surface area contributed by atoms with Gasteiger partial charge in [-0.3, -0.25) is 0 Å². The summed E-state index contributed by atoms with van der Waals surface area (Å²) in [7, 11) is -3.63. The predicted octanol–water partition coefficient (Wildman–Crippen LogP) is 2.09. The molecule has 2 rings (SSSR count). The average Bonchev–Trinajstić information content (AvgIpc) is 2.74. The highest BCUT2D eigenvalue weighted by Crippen LogP contribution is 2.25. The van der Waals surface area contributed by atoms with Crippen LogP contribution in [0.3, 0.4) is 0 Å². The topological polar surface area (TPSA) is 88.0 Å². The second-order valence-electron chi connectivity index (χ2n) is 4.19. The fraction of sp³-hybridized carbons (Fsp3) is 0.273. The average molecular weight is 299 g/mol. The first kappa shape index (κ1) is 13.9. The van der Waals surface area contributed by atoms with Gasteiger partial charge in [-0.2, -0.15) is 0 Å². The molecule has 0 aliphatic rings.